The molecule has 2 heterocycles. The molecule has 1 unspecified atom stereocenters. The first-order valence-electron chi connectivity index (χ1n) is 6.77. The number of amides is 1. The minimum Gasteiger partial charge on any atom is -0.363 e. The lowest BCUT2D eigenvalue weighted by Crippen LogP contribution is -2.23. The molecule has 1 N–H and O–H groups in total. The van der Waals surface area contributed by atoms with E-state index in [0.29, 0.717) is 5.82 Å². The maximum Gasteiger partial charge on any atom is 0.229 e. The Morgan fingerprint density at radius 2 is 2.19 bits per heavy atom. The molecule has 0 saturated carbocycles. The van der Waals surface area contributed by atoms with Gasteiger partial charge in [-0.25, -0.2) is 4.98 Å². The lowest BCUT2D eigenvalue weighted by atomic mass is 10.2. The third-order valence-electron chi connectivity index (χ3n) is 3.10. The van der Waals surface area contributed by atoms with Gasteiger partial charge in [0.05, 0.1) is 5.69 Å². The SMILES string of the molecule is CSCC(C)C(=O)Nc1cc(N(C)C)n2nc(C)cc2n1. The molecule has 0 aliphatic carbocycles. The van der Waals surface area contributed by atoms with Crippen molar-refractivity contribution in [1.82, 2.24) is 14.6 Å². The zero-order chi connectivity index (χ0) is 15.6. The van der Waals surface area contributed by atoms with Crippen molar-refractivity contribution in [1.29, 1.82) is 0 Å². The summed E-state index contributed by atoms with van der Waals surface area (Å²) in [7, 11) is 3.88. The maximum atomic E-state index is 12.1. The molecule has 1 atom stereocenters. The molecule has 2 aromatic heterocycles. The number of anilines is 2. The monoisotopic (exact) mass is 307 g/mol. The van der Waals surface area contributed by atoms with Crippen LogP contribution in [0.3, 0.4) is 0 Å². The largest absolute Gasteiger partial charge is 0.363 e. The highest BCUT2D eigenvalue weighted by molar-refractivity contribution is 7.98. The number of carbonyl (C=O) groups excluding carboxylic acids is 1. The summed E-state index contributed by atoms with van der Waals surface area (Å²) in [5.74, 6) is 2.17. The number of aromatic nitrogens is 3. The van der Waals surface area contributed by atoms with E-state index in [9.17, 15) is 4.79 Å². The Bertz CT molecular complexity index is 652. The minimum atomic E-state index is -0.0486. The molecule has 21 heavy (non-hydrogen) atoms. The van der Waals surface area contributed by atoms with Gasteiger partial charge in [0, 0.05) is 37.9 Å². The second-order valence-corrected chi connectivity index (χ2v) is 6.21. The molecule has 114 valence electrons. The summed E-state index contributed by atoms with van der Waals surface area (Å²) in [6, 6.07) is 3.73. The second-order valence-electron chi connectivity index (χ2n) is 5.30. The molecule has 2 rings (SSSR count). The first-order chi connectivity index (χ1) is 9.92. The van der Waals surface area contributed by atoms with Gasteiger partial charge in [0.1, 0.15) is 11.6 Å². The molecule has 0 aromatic carbocycles. The van der Waals surface area contributed by atoms with Gasteiger partial charge in [-0.2, -0.15) is 21.4 Å². The molecule has 0 spiro atoms. The van der Waals surface area contributed by atoms with Crippen LogP contribution >= 0.6 is 11.8 Å². The van der Waals surface area contributed by atoms with Gasteiger partial charge in [0.2, 0.25) is 5.91 Å². The number of fused-ring (bicyclic) bond motifs is 1. The summed E-state index contributed by atoms with van der Waals surface area (Å²) in [4.78, 5) is 18.5. The van der Waals surface area contributed by atoms with Crippen LogP contribution in [0.2, 0.25) is 0 Å². The predicted octanol–water partition coefficient (Wildman–Crippen LogP) is 2.04. The summed E-state index contributed by atoms with van der Waals surface area (Å²) < 4.78 is 1.77. The van der Waals surface area contributed by atoms with Crippen molar-refractivity contribution in [2.24, 2.45) is 5.92 Å². The fourth-order valence-electron chi connectivity index (χ4n) is 2.03. The van der Waals surface area contributed by atoms with Crippen molar-refractivity contribution in [2.45, 2.75) is 13.8 Å². The maximum absolute atomic E-state index is 12.1. The molecule has 0 radical (unpaired) electrons. The summed E-state index contributed by atoms with van der Waals surface area (Å²) in [6.07, 6.45) is 1.99. The Morgan fingerprint density at radius 1 is 1.48 bits per heavy atom. The minimum absolute atomic E-state index is 0.0119. The van der Waals surface area contributed by atoms with Gasteiger partial charge in [-0.1, -0.05) is 6.92 Å². The Balaban J connectivity index is 2.34. The lowest BCUT2D eigenvalue weighted by Gasteiger charge is -2.16. The van der Waals surface area contributed by atoms with Crippen molar-refractivity contribution in [3.05, 3.63) is 17.8 Å². The van der Waals surface area contributed by atoms with Crippen molar-refractivity contribution in [3.8, 4) is 0 Å². The average molecular weight is 307 g/mol. The number of rotatable bonds is 5. The van der Waals surface area contributed by atoms with Crippen molar-refractivity contribution >= 4 is 35.0 Å². The Labute approximate surface area is 128 Å². The van der Waals surface area contributed by atoms with Gasteiger partial charge in [-0.05, 0) is 13.2 Å². The number of nitrogens with zero attached hydrogens (tertiary/aromatic N) is 4. The highest BCUT2D eigenvalue weighted by Gasteiger charge is 2.15. The van der Waals surface area contributed by atoms with Crippen LogP contribution in [-0.2, 0) is 4.79 Å². The third kappa shape index (κ3) is 3.47. The molecule has 6 nitrogen and oxygen atoms in total. The summed E-state index contributed by atoms with van der Waals surface area (Å²) >= 11 is 1.66. The topological polar surface area (TPSA) is 62.5 Å². The number of nitrogens with one attached hydrogen (secondary N) is 1. The van der Waals surface area contributed by atoms with Crippen LogP contribution in [0.25, 0.3) is 5.65 Å². The van der Waals surface area contributed by atoms with E-state index < -0.39 is 0 Å². The van der Waals surface area contributed by atoms with E-state index in [-0.39, 0.29) is 11.8 Å². The molecule has 0 bridgehead atoms. The molecule has 0 saturated heterocycles. The van der Waals surface area contributed by atoms with E-state index in [1.54, 1.807) is 16.3 Å². The van der Waals surface area contributed by atoms with Crippen LogP contribution in [0.5, 0.6) is 0 Å². The van der Waals surface area contributed by atoms with Crippen molar-refractivity contribution in [3.63, 3.8) is 0 Å². The molecule has 0 fully saturated rings. The molecule has 1 amide bonds. The fraction of sp³-hybridized carbons (Fsp3) is 0.500. The summed E-state index contributed by atoms with van der Waals surface area (Å²) in [5.41, 5.74) is 1.62. The van der Waals surface area contributed by atoms with Crippen LogP contribution in [0.4, 0.5) is 11.6 Å². The Morgan fingerprint density at radius 3 is 2.81 bits per heavy atom. The Hall–Kier alpha value is -1.76. The number of hydrogen-bond donors (Lipinski definition) is 1. The van der Waals surface area contributed by atoms with Gasteiger partial charge >= 0.3 is 0 Å². The summed E-state index contributed by atoms with van der Waals surface area (Å²) in [5, 5.41) is 7.31. The number of thioether (sulfide) groups is 1. The van der Waals surface area contributed by atoms with Crippen LogP contribution in [0.15, 0.2) is 12.1 Å². The van der Waals surface area contributed by atoms with Crippen molar-refractivity contribution < 1.29 is 4.79 Å². The van der Waals surface area contributed by atoms with Gasteiger partial charge in [0.25, 0.3) is 0 Å². The quantitative estimate of drug-likeness (QED) is 0.916. The van der Waals surface area contributed by atoms with Gasteiger partial charge in [-0.3, -0.25) is 4.79 Å². The molecule has 7 heteroatoms. The molecule has 0 aliphatic heterocycles. The van der Waals surface area contributed by atoms with E-state index in [1.165, 1.54) is 0 Å². The number of carbonyl (C=O) groups is 1. The standard InChI is InChI=1S/C14H21N5OS/c1-9(8-21-5)14(20)16-11-7-13(18(3)4)19-12(15-11)6-10(2)17-19/h6-7,9H,8H2,1-5H3,(H,15,16,20). The normalized spacial score (nSPS) is 12.4. The molecular weight excluding hydrogens is 286 g/mol. The van der Waals surface area contributed by atoms with Crippen LogP contribution < -0.4 is 10.2 Å². The van der Waals surface area contributed by atoms with Crippen LogP contribution in [0, 0.1) is 12.8 Å². The van der Waals surface area contributed by atoms with E-state index in [0.717, 1.165) is 22.9 Å². The van der Waals surface area contributed by atoms with E-state index in [2.05, 4.69) is 15.4 Å². The average Bonchev–Trinajstić information content (AvgIpc) is 2.77. The van der Waals surface area contributed by atoms with Gasteiger partial charge < -0.3 is 10.2 Å². The van der Waals surface area contributed by atoms with E-state index in [1.807, 2.05) is 51.2 Å². The fourth-order valence-corrected chi connectivity index (χ4v) is 2.68. The van der Waals surface area contributed by atoms with Gasteiger partial charge in [-0.15, -0.1) is 0 Å². The summed E-state index contributed by atoms with van der Waals surface area (Å²) in [6.45, 7) is 3.84. The van der Waals surface area contributed by atoms with E-state index >= 15 is 0 Å². The second kappa shape index (κ2) is 6.34. The highest BCUT2D eigenvalue weighted by Crippen LogP contribution is 2.20. The molecule has 2 aromatic rings. The smallest absolute Gasteiger partial charge is 0.229 e. The predicted molar refractivity (Wildman–Crippen MR) is 88.2 cm³/mol. The third-order valence-corrected chi connectivity index (χ3v) is 3.94. The zero-order valence-corrected chi connectivity index (χ0v) is 13.9. The molecular formula is C14H21N5OS. The van der Waals surface area contributed by atoms with E-state index in [4.69, 9.17) is 0 Å². The molecule has 0 aliphatic rings. The number of aryl methyl sites for hydroxylation is 1. The highest BCUT2D eigenvalue weighted by atomic mass is 32.2. The zero-order valence-electron chi connectivity index (χ0n) is 13.0. The Kier molecular flexibility index (Phi) is 4.72. The van der Waals surface area contributed by atoms with Crippen LogP contribution in [-0.4, -0.2) is 46.6 Å². The van der Waals surface area contributed by atoms with Crippen molar-refractivity contribution in [2.75, 3.05) is 36.3 Å². The first-order valence-corrected chi connectivity index (χ1v) is 8.16. The lowest BCUT2D eigenvalue weighted by molar-refractivity contribution is -0.118. The number of hydrogen-bond acceptors (Lipinski definition) is 5. The van der Waals surface area contributed by atoms with Gasteiger partial charge in [0.15, 0.2) is 5.65 Å². The first kappa shape index (κ1) is 15.6. The van der Waals surface area contributed by atoms with Crippen LogP contribution in [0.1, 0.15) is 12.6 Å².